The molecule has 1 saturated carbocycles. The van der Waals surface area contributed by atoms with Crippen LogP contribution >= 0.6 is 0 Å². The molecule has 2 aromatic heterocycles. The van der Waals surface area contributed by atoms with E-state index in [1.165, 1.54) is 18.4 Å². The maximum Gasteiger partial charge on any atom is 0.129 e. The van der Waals surface area contributed by atoms with Gasteiger partial charge >= 0.3 is 0 Å². The minimum Gasteiger partial charge on any atom is -0.369 e. The molecule has 0 atom stereocenters. The maximum absolute atomic E-state index is 4.56. The van der Waals surface area contributed by atoms with Crippen LogP contribution < -0.4 is 5.32 Å². The lowest BCUT2D eigenvalue weighted by Gasteiger charge is -2.08. The molecule has 1 aromatic carbocycles. The largest absolute Gasteiger partial charge is 0.369 e. The summed E-state index contributed by atoms with van der Waals surface area (Å²) in [6.45, 7) is 1.02. The number of nitrogens with zero attached hydrogens (tertiary/aromatic N) is 4. The van der Waals surface area contributed by atoms with Crippen molar-refractivity contribution >= 4 is 16.9 Å². The molecule has 2 aliphatic rings. The van der Waals surface area contributed by atoms with Crippen LogP contribution in [0.3, 0.4) is 0 Å². The van der Waals surface area contributed by atoms with Crippen molar-refractivity contribution in [2.75, 3.05) is 11.9 Å². The Labute approximate surface area is 115 Å². The fourth-order valence-corrected chi connectivity index (χ4v) is 3.12. The summed E-state index contributed by atoms with van der Waals surface area (Å²) in [6.07, 6.45) is 4.39. The molecule has 1 fully saturated rings. The SMILES string of the molecule is c1ccc2c(c1)nnn2-c1cnc2c(c1)C1(CC1)CN2. The minimum atomic E-state index is 0.342. The number of benzene rings is 1. The van der Waals surface area contributed by atoms with Gasteiger partial charge in [-0.2, -0.15) is 0 Å². The lowest BCUT2D eigenvalue weighted by atomic mass is 10.0. The van der Waals surface area contributed by atoms with Crippen LogP contribution in [0.25, 0.3) is 16.7 Å². The third-order valence-electron chi connectivity index (χ3n) is 4.49. The van der Waals surface area contributed by atoms with E-state index in [0.717, 1.165) is 29.1 Å². The normalized spacial score (nSPS) is 18.2. The molecule has 5 rings (SSSR count). The van der Waals surface area contributed by atoms with Gasteiger partial charge in [0.25, 0.3) is 0 Å². The van der Waals surface area contributed by atoms with Crippen LogP contribution in [0.2, 0.25) is 0 Å². The predicted molar refractivity (Wildman–Crippen MR) is 76.1 cm³/mol. The van der Waals surface area contributed by atoms with Gasteiger partial charge in [0.2, 0.25) is 0 Å². The zero-order valence-electron chi connectivity index (χ0n) is 10.9. The predicted octanol–water partition coefficient (Wildman–Crippen LogP) is 2.27. The van der Waals surface area contributed by atoms with Crippen molar-refractivity contribution < 1.29 is 0 Å². The molecule has 1 aliphatic heterocycles. The third kappa shape index (κ3) is 1.24. The summed E-state index contributed by atoms with van der Waals surface area (Å²) in [5.74, 6) is 1.04. The van der Waals surface area contributed by atoms with Crippen molar-refractivity contribution in [1.29, 1.82) is 0 Å². The lowest BCUT2D eigenvalue weighted by molar-refractivity contribution is 0.770. The monoisotopic (exact) mass is 263 g/mol. The van der Waals surface area contributed by atoms with Gasteiger partial charge in [-0.05, 0) is 31.0 Å². The smallest absolute Gasteiger partial charge is 0.129 e. The van der Waals surface area contributed by atoms with Crippen molar-refractivity contribution in [2.45, 2.75) is 18.3 Å². The number of hydrogen-bond acceptors (Lipinski definition) is 4. The molecule has 0 bridgehead atoms. The first-order chi connectivity index (χ1) is 9.86. The van der Waals surface area contributed by atoms with Crippen molar-refractivity contribution in [1.82, 2.24) is 20.0 Å². The average Bonchev–Trinajstić information content (AvgIpc) is 3.01. The number of hydrogen-bond donors (Lipinski definition) is 1. The van der Waals surface area contributed by atoms with E-state index in [1.54, 1.807) is 0 Å². The first-order valence-electron chi connectivity index (χ1n) is 6.91. The number of fused-ring (bicyclic) bond motifs is 3. The third-order valence-corrected chi connectivity index (χ3v) is 4.49. The summed E-state index contributed by atoms with van der Waals surface area (Å²) in [4.78, 5) is 4.56. The summed E-state index contributed by atoms with van der Waals surface area (Å²) < 4.78 is 1.87. The molecule has 5 nitrogen and oxygen atoms in total. The number of anilines is 1. The Kier molecular flexibility index (Phi) is 1.74. The van der Waals surface area contributed by atoms with Crippen LogP contribution in [0, 0.1) is 0 Å². The summed E-state index contributed by atoms with van der Waals surface area (Å²) in [7, 11) is 0. The number of pyridine rings is 1. The summed E-state index contributed by atoms with van der Waals surface area (Å²) in [5, 5.41) is 11.9. The Hall–Kier alpha value is -2.43. The molecule has 5 heteroatoms. The van der Waals surface area contributed by atoms with Crippen LogP contribution in [0.4, 0.5) is 5.82 Å². The summed E-state index contributed by atoms with van der Waals surface area (Å²) in [6, 6.07) is 10.2. The summed E-state index contributed by atoms with van der Waals surface area (Å²) >= 11 is 0. The second kappa shape index (κ2) is 3.36. The van der Waals surface area contributed by atoms with E-state index in [-0.39, 0.29) is 0 Å². The molecule has 20 heavy (non-hydrogen) atoms. The highest BCUT2D eigenvalue weighted by molar-refractivity contribution is 5.76. The van der Waals surface area contributed by atoms with E-state index in [9.17, 15) is 0 Å². The number of aromatic nitrogens is 4. The van der Waals surface area contributed by atoms with Gasteiger partial charge in [0, 0.05) is 17.5 Å². The lowest BCUT2D eigenvalue weighted by Crippen LogP contribution is -2.08. The van der Waals surface area contributed by atoms with Gasteiger partial charge in [0.1, 0.15) is 11.3 Å². The molecule has 0 unspecified atom stereocenters. The summed E-state index contributed by atoms with van der Waals surface area (Å²) in [5.41, 5.74) is 4.61. The fraction of sp³-hybridized carbons (Fsp3) is 0.267. The highest BCUT2D eigenvalue weighted by Gasteiger charge is 2.49. The standard InChI is InChI=1S/C15H13N5/c1-2-4-13-12(3-1)18-19-20(13)10-7-11-14(16-8-10)17-9-15(11)5-6-15/h1-4,7-8H,5-6,9H2,(H,16,17). The number of nitrogens with one attached hydrogen (secondary N) is 1. The van der Waals surface area contributed by atoms with Crippen LogP contribution in [0.15, 0.2) is 36.5 Å². The first kappa shape index (κ1) is 10.4. The molecule has 0 amide bonds. The van der Waals surface area contributed by atoms with Gasteiger partial charge in [-0.15, -0.1) is 5.10 Å². The Bertz CT molecular complexity index is 831. The Morgan fingerprint density at radius 3 is 3.00 bits per heavy atom. The van der Waals surface area contributed by atoms with Crippen LogP contribution in [0.5, 0.6) is 0 Å². The number of rotatable bonds is 1. The van der Waals surface area contributed by atoms with Crippen LogP contribution in [-0.2, 0) is 5.41 Å². The average molecular weight is 263 g/mol. The van der Waals surface area contributed by atoms with Crippen LogP contribution in [-0.4, -0.2) is 26.5 Å². The molecule has 3 heterocycles. The van der Waals surface area contributed by atoms with E-state index in [0.29, 0.717) is 5.41 Å². The highest BCUT2D eigenvalue weighted by atomic mass is 15.4. The van der Waals surface area contributed by atoms with Crippen molar-refractivity contribution in [3.63, 3.8) is 0 Å². The molecule has 0 radical (unpaired) electrons. The van der Waals surface area contributed by atoms with Crippen molar-refractivity contribution in [3.8, 4) is 5.69 Å². The minimum absolute atomic E-state index is 0.342. The zero-order valence-corrected chi connectivity index (χ0v) is 10.9. The topological polar surface area (TPSA) is 55.6 Å². The van der Waals surface area contributed by atoms with Gasteiger partial charge < -0.3 is 5.32 Å². The molecular weight excluding hydrogens is 250 g/mol. The molecule has 0 saturated heterocycles. The quantitative estimate of drug-likeness (QED) is 0.731. The van der Waals surface area contributed by atoms with Crippen molar-refractivity contribution in [3.05, 3.63) is 42.1 Å². The molecule has 98 valence electrons. The molecule has 1 aliphatic carbocycles. The Balaban J connectivity index is 1.72. The van der Waals surface area contributed by atoms with E-state index in [2.05, 4.69) is 26.7 Å². The first-order valence-corrected chi connectivity index (χ1v) is 6.91. The highest BCUT2D eigenvalue weighted by Crippen LogP contribution is 2.53. The Morgan fingerprint density at radius 2 is 2.10 bits per heavy atom. The van der Waals surface area contributed by atoms with Gasteiger partial charge in [-0.25, -0.2) is 9.67 Å². The second-order valence-corrected chi connectivity index (χ2v) is 5.71. The fourth-order valence-electron chi connectivity index (χ4n) is 3.12. The second-order valence-electron chi connectivity index (χ2n) is 5.71. The van der Waals surface area contributed by atoms with E-state index >= 15 is 0 Å². The van der Waals surface area contributed by atoms with Gasteiger partial charge in [-0.3, -0.25) is 0 Å². The van der Waals surface area contributed by atoms with E-state index in [1.807, 2.05) is 35.1 Å². The molecular formula is C15H13N5. The molecule has 1 spiro atoms. The molecule has 3 aromatic rings. The van der Waals surface area contributed by atoms with Gasteiger partial charge in [-0.1, -0.05) is 17.3 Å². The Morgan fingerprint density at radius 1 is 1.20 bits per heavy atom. The van der Waals surface area contributed by atoms with Crippen molar-refractivity contribution in [2.24, 2.45) is 0 Å². The van der Waals surface area contributed by atoms with Gasteiger partial charge in [0.15, 0.2) is 0 Å². The van der Waals surface area contributed by atoms with Crippen LogP contribution in [0.1, 0.15) is 18.4 Å². The maximum atomic E-state index is 4.56. The van der Waals surface area contributed by atoms with E-state index < -0.39 is 0 Å². The number of para-hydroxylation sites is 1. The molecule has 1 N–H and O–H groups in total. The van der Waals surface area contributed by atoms with E-state index in [4.69, 9.17) is 0 Å². The zero-order chi connectivity index (χ0) is 13.2. The van der Waals surface area contributed by atoms with Gasteiger partial charge in [0.05, 0.1) is 17.4 Å².